The molecule has 3 nitrogen and oxygen atoms in total. The molecule has 100 valence electrons. The van der Waals surface area contributed by atoms with Crippen molar-refractivity contribution in [1.29, 1.82) is 0 Å². The van der Waals surface area contributed by atoms with E-state index in [1.54, 1.807) is 6.92 Å². The summed E-state index contributed by atoms with van der Waals surface area (Å²) in [5.41, 5.74) is 0.280. The Hall–Kier alpha value is -1.11. The van der Waals surface area contributed by atoms with Crippen molar-refractivity contribution < 1.29 is 18.0 Å². The highest BCUT2D eigenvalue weighted by Gasteiger charge is 2.47. The number of alkyl halides is 3. The van der Waals surface area contributed by atoms with Crippen molar-refractivity contribution in [2.45, 2.75) is 38.9 Å². The average molecular weight is 278 g/mol. The van der Waals surface area contributed by atoms with E-state index in [9.17, 15) is 18.0 Å². The van der Waals surface area contributed by atoms with Crippen molar-refractivity contribution in [2.75, 3.05) is 11.4 Å². The topological polar surface area (TPSA) is 33.2 Å². The van der Waals surface area contributed by atoms with Gasteiger partial charge in [0, 0.05) is 18.3 Å². The minimum atomic E-state index is -4.24. The zero-order valence-electron chi connectivity index (χ0n) is 10.0. The number of carbonyl (C=O) groups is 1. The number of hydrogen-bond acceptors (Lipinski definition) is 4. The van der Waals surface area contributed by atoms with Gasteiger partial charge in [-0.2, -0.15) is 13.2 Å². The van der Waals surface area contributed by atoms with E-state index in [1.807, 2.05) is 0 Å². The molecule has 1 atom stereocenters. The molecule has 0 bridgehead atoms. The van der Waals surface area contributed by atoms with E-state index in [4.69, 9.17) is 0 Å². The fourth-order valence-corrected chi connectivity index (χ4v) is 3.20. The van der Waals surface area contributed by atoms with Crippen LogP contribution < -0.4 is 4.90 Å². The number of rotatable bonds is 2. The van der Waals surface area contributed by atoms with E-state index in [-0.39, 0.29) is 17.9 Å². The van der Waals surface area contributed by atoms with Crippen molar-refractivity contribution in [3.63, 3.8) is 0 Å². The van der Waals surface area contributed by atoms with Gasteiger partial charge in [-0.15, -0.1) is 11.3 Å². The van der Waals surface area contributed by atoms with Crippen LogP contribution in [-0.4, -0.2) is 29.5 Å². The molecular formula is C11H13F3N2OS. The Morgan fingerprint density at radius 1 is 1.50 bits per heavy atom. The molecule has 0 aliphatic carbocycles. The standard InChI is InChI=1S/C11H13F3N2OS/c1-6(17)9-7(2)18-10(15-9)16-5-3-4-8(16)11(12,13)14/h8H,3-5H2,1-2H3/t8-/m0/s1. The second-order valence-electron chi connectivity index (χ2n) is 4.35. The van der Waals surface area contributed by atoms with Gasteiger partial charge in [0.25, 0.3) is 0 Å². The van der Waals surface area contributed by atoms with Crippen LogP contribution in [0.5, 0.6) is 0 Å². The lowest BCUT2D eigenvalue weighted by atomic mass is 10.2. The summed E-state index contributed by atoms with van der Waals surface area (Å²) < 4.78 is 38.5. The highest BCUT2D eigenvalue weighted by Crippen LogP contribution is 2.38. The van der Waals surface area contributed by atoms with Crippen LogP contribution in [0.3, 0.4) is 0 Å². The molecule has 2 rings (SSSR count). The molecule has 0 radical (unpaired) electrons. The van der Waals surface area contributed by atoms with Gasteiger partial charge in [0.1, 0.15) is 11.7 Å². The SMILES string of the molecule is CC(=O)c1nc(N2CCC[C@H]2C(F)(F)F)sc1C. The third kappa shape index (κ3) is 2.36. The third-order valence-electron chi connectivity index (χ3n) is 3.00. The number of Topliss-reactive ketones (excluding diaryl/α,β-unsaturated/α-hetero) is 1. The van der Waals surface area contributed by atoms with Crippen LogP contribution in [0.15, 0.2) is 0 Å². The molecule has 2 heterocycles. The van der Waals surface area contributed by atoms with Crippen LogP contribution in [0, 0.1) is 6.92 Å². The Kier molecular flexibility index (Phi) is 3.35. The molecule has 0 saturated carbocycles. The van der Waals surface area contributed by atoms with E-state index in [1.165, 1.54) is 11.8 Å². The van der Waals surface area contributed by atoms with E-state index in [2.05, 4.69) is 4.98 Å². The Morgan fingerprint density at radius 3 is 2.67 bits per heavy atom. The summed E-state index contributed by atoms with van der Waals surface area (Å²) in [7, 11) is 0. The lowest BCUT2D eigenvalue weighted by Gasteiger charge is -2.25. The van der Waals surface area contributed by atoms with Gasteiger partial charge < -0.3 is 4.90 Å². The normalized spacial score (nSPS) is 20.5. The second kappa shape index (κ2) is 4.53. The first-order valence-electron chi connectivity index (χ1n) is 5.62. The highest BCUT2D eigenvalue weighted by molar-refractivity contribution is 7.15. The van der Waals surface area contributed by atoms with Gasteiger partial charge >= 0.3 is 6.18 Å². The number of hydrogen-bond donors (Lipinski definition) is 0. The average Bonchev–Trinajstić information content (AvgIpc) is 2.80. The van der Waals surface area contributed by atoms with E-state index in [0.717, 1.165) is 11.3 Å². The Morgan fingerprint density at radius 2 is 2.17 bits per heavy atom. The molecule has 1 saturated heterocycles. The summed E-state index contributed by atoms with van der Waals surface area (Å²) in [6.45, 7) is 3.42. The number of halogens is 3. The number of aryl methyl sites for hydroxylation is 1. The maximum Gasteiger partial charge on any atom is 0.408 e. The van der Waals surface area contributed by atoms with Gasteiger partial charge in [-0.25, -0.2) is 4.98 Å². The van der Waals surface area contributed by atoms with Crippen molar-refractivity contribution >= 4 is 22.3 Å². The fraction of sp³-hybridized carbons (Fsp3) is 0.636. The van der Waals surface area contributed by atoms with Crippen LogP contribution in [0.25, 0.3) is 0 Å². The molecule has 1 aliphatic rings. The van der Waals surface area contributed by atoms with Crippen LogP contribution in [0.4, 0.5) is 18.3 Å². The van der Waals surface area contributed by atoms with Gasteiger partial charge in [-0.05, 0) is 19.8 Å². The molecule has 0 N–H and O–H groups in total. The summed E-state index contributed by atoms with van der Waals surface area (Å²) >= 11 is 1.15. The van der Waals surface area contributed by atoms with Gasteiger partial charge in [-0.3, -0.25) is 4.79 Å². The summed E-state index contributed by atoms with van der Waals surface area (Å²) in [6.07, 6.45) is -3.65. The number of thiazole rings is 1. The second-order valence-corrected chi connectivity index (χ2v) is 5.53. The number of aromatic nitrogens is 1. The van der Waals surface area contributed by atoms with Crippen molar-refractivity contribution in [1.82, 2.24) is 4.98 Å². The maximum absolute atomic E-state index is 12.8. The largest absolute Gasteiger partial charge is 0.408 e. The van der Waals surface area contributed by atoms with E-state index < -0.39 is 12.2 Å². The summed E-state index contributed by atoms with van der Waals surface area (Å²) in [4.78, 5) is 17.3. The molecule has 18 heavy (non-hydrogen) atoms. The third-order valence-corrected chi connectivity index (χ3v) is 4.00. The van der Waals surface area contributed by atoms with Gasteiger partial charge in [0.15, 0.2) is 10.9 Å². The van der Waals surface area contributed by atoms with Crippen LogP contribution in [0.2, 0.25) is 0 Å². The van der Waals surface area contributed by atoms with Crippen LogP contribution >= 0.6 is 11.3 Å². The minimum absolute atomic E-state index is 0.0948. The van der Waals surface area contributed by atoms with Gasteiger partial charge in [0.2, 0.25) is 0 Å². The van der Waals surface area contributed by atoms with Crippen molar-refractivity contribution in [3.05, 3.63) is 10.6 Å². The van der Waals surface area contributed by atoms with Crippen LogP contribution in [-0.2, 0) is 0 Å². The first-order valence-corrected chi connectivity index (χ1v) is 6.44. The highest BCUT2D eigenvalue weighted by atomic mass is 32.1. The Bertz CT molecular complexity index is 469. The minimum Gasteiger partial charge on any atom is -0.336 e. The quantitative estimate of drug-likeness (QED) is 0.779. The summed E-state index contributed by atoms with van der Waals surface area (Å²) in [5.74, 6) is -0.210. The molecule has 1 fully saturated rings. The van der Waals surface area contributed by atoms with Gasteiger partial charge in [-0.1, -0.05) is 0 Å². The number of anilines is 1. The number of nitrogens with zero attached hydrogens (tertiary/aromatic N) is 2. The van der Waals surface area contributed by atoms with Gasteiger partial charge in [0.05, 0.1) is 0 Å². The fourth-order valence-electron chi connectivity index (χ4n) is 2.17. The van der Waals surface area contributed by atoms with Crippen molar-refractivity contribution in [2.24, 2.45) is 0 Å². The molecule has 1 aliphatic heterocycles. The monoisotopic (exact) mass is 278 g/mol. The Labute approximate surface area is 107 Å². The lowest BCUT2D eigenvalue weighted by Crippen LogP contribution is -2.41. The number of carbonyl (C=O) groups excluding carboxylic acids is 1. The Balaban J connectivity index is 2.31. The molecular weight excluding hydrogens is 265 g/mol. The smallest absolute Gasteiger partial charge is 0.336 e. The zero-order valence-corrected chi connectivity index (χ0v) is 10.9. The summed E-state index contributed by atoms with van der Waals surface area (Å²) in [6, 6.07) is -1.47. The molecule has 1 aromatic rings. The predicted octanol–water partition coefficient (Wildman–Crippen LogP) is 3.19. The van der Waals surface area contributed by atoms with Crippen molar-refractivity contribution in [3.8, 4) is 0 Å². The predicted molar refractivity (Wildman–Crippen MR) is 63.3 cm³/mol. The van der Waals surface area contributed by atoms with E-state index >= 15 is 0 Å². The first-order chi connectivity index (χ1) is 8.30. The molecule has 0 aromatic carbocycles. The summed E-state index contributed by atoms with van der Waals surface area (Å²) in [5, 5.41) is 0.303. The maximum atomic E-state index is 12.8. The zero-order chi connectivity index (χ0) is 13.5. The molecule has 7 heteroatoms. The molecule has 0 unspecified atom stereocenters. The molecule has 1 aromatic heterocycles. The first kappa shape index (κ1) is 13.3. The van der Waals surface area contributed by atoms with Crippen LogP contribution in [0.1, 0.15) is 35.1 Å². The molecule has 0 amide bonds. The lowest BCUT2D eigenvalue weighted by molar-refractivity contribution is -0.145. The number of ketones is 1. The molecule has 0 spiro atoms. The van der Waals surface area contributed by atoms with E-state index in [0.29, 0.717) is 23.0 Å².